The standard InChI is InChI=1S/C12H17ClO.C8H6Cl2O/c1-3-12(14,4-2)11-7-5-10(9-13)6-8-11;9-5-6-1-3-7(4-2-6)8(10)11/h5-8,14H,3-4,9H2,1-2H3;1-4H,5H2. The van der Waals surface area contributed by atoms with Crippen LogP contribution in [-0.4, -0.2) is 10.3 Å². The number of rotatable bonds is 6. The quantitative estimate of drug-likeness (QED) is 0.459. The molecule has 2 aromatic carbocycles. The van der Waals surface area contributed by atoms with E-state index in [-0.39, 0.29) is 0 Å². The van der Waals surface area contributed by atoms with Crippen molar-refractivity contribution in [3.63, 3.8) is 0 Å². The van der Waals surface area contributed by atoms with Crippen molar-refractivity contribution in [2.24, 2.45) is 0 Å². The summed E-state index contributed by atoms with van der Waals surface area (Å²) in [7, 11) is 0. The lowest BCUT2D eigenvalue weighted by atomic mass is 9.88. The number of carbonyl (C=O) groups excluding carboxylic acids is 1. The van der Waals surface area contributed by atoms with Gasteiger partial charge in [0.15, 0.2) is 0 Å². The van der Waals surface area contributed by atoms with Crippen LogP contribution in [0.15, 0.2) is 48.5 Å². The van der Waals surface area contributed by atoms with Crippen molar-refractivity contribution in [3.05, 3.63) is 70.8 Å². The molecular formula is C20H23Cl3O2. The Balaban J connectivity index is 0.000000257. The largest absolute Gasteiger partial charge is 0.385 e. The van der Waals surface area contributed by atoms with Gasteiger partial charge < -0.3 is 5.11 Å². The maximum Gasteiger partial charge on any atom is 0.252 e. The monoisotopic (exact) mass is 400 g/mol. The van der Waals surface area contributed by atoms with E-state index >= 15 is 0 Å². The highest BCUT2D eigenvalue weighted by Crippen LogP contribution is 2.28. The highest BCUT2D eigenvalue weighted by Gasteiger charge is 2.24. The van der Waals surface area contributed by atoms with E-state index in [1.54, 1.807) is 24.3 Å². The first-order valence-electron chi connectivity index (χ1n) is 8.12. The van der Waals surface area contributed by atoms with Crippen LogP contribution in [0.25, 0.3) is 0 Å². The van der Waals surface area contributed by atoms with Crippen molar-refractivity contribution >= 4 is 40.0 Å². The van der Waals surface area contributed by atoms with Gasteiger partial charge in [-0.05, 0) is 53.3 Å². The molecule has 136 valence electrons. The van der Waals surface area contributed by atoms with Crippen LogP contribution in [-0.2, 0) is 17.4 Å². The van der Waals surface area contributed by atoms with Gasteiger partial charge in [-0.25, -0.2) is 0 Å². The van der Waals surface area contributed by atoms with Crippen molar-refractivity contribution in [2.75, 3.05) is 0 Å². The van der Waals surface area contributed by atoms with Crippen LogP contribution in [0, 0.1) is 0 Å². The molecule has 5 heteroatoms. The van der Waals surface area contributed by atoms with Crippen LogP contribution < -0.4 is 0 Å². The maximum atomic E-state index is 10.6. The van der Waals surface area contributed by atoms with Crippen molar-refractivity contribution in [1.82, 2.24) is 0 Å². The van der Waals surface area contributed by atoms with Gasteiger partial charge in [-0.15, -0.1) is 23.2 Å². The fourth-order valence-corrected chi connectivity index (χ4v) is 2.77. The number of carbonyl (C=O) groups is 1. The molecule has 25 heavy (non-hydrogen) atoms. The Morgan fingerprint density at radius 1 is 0.880 bits per heavy atom. The van der Waals surface area contributed by atoms with E-state index in [2.05, 4.69) is 0 Å². The molecule has 1 N–H and O–H groups in total. The molecule has 0 radical (unpaired) electrons. The highest BCUT2D eigenvalue weighted by atomic mass is 35.5. The summed E-state index contributed by atoms with van der Waals surface area (Å²) >= 11 is 16.5. The highest BCUT2D eigenvalue weighted by molar-refractivity contribution is 6.67. The lowest BCUT2D eigenvalue weighted by molar-refractivity contribution is 0.0284. The summed E-state index contributed by atoms with van der Waals surface area (Å²) in [5.74, 6) is 0.980. The third kappa shape index (κ3) is 6.63. The average Bonchev–Trinajstić information content (AvgIpc) is 2.68. The molecule has 0 aliphatic carbocycles. The number of halogens is 3. The van der Waals surface area contributed by atoms with Gasteiger partial charge in [-0.3, -0.25) is 4.79 Å². The van der Waals surface area contributed by atoms with Gasteiger partial charge in [0.2, 0.25) is 0 Å². The smallest absolute Gasteiger partial charge is 0.252 e. The predicted octanol–water partition coefficient (Wildman–Crippen LogP) is 6.24. The molecule has 0 aromatic heterocycles. The molecule has 0 amide bonds. The first-order chi connectivity index (χ1) is 11.9. The van der Waals surface area contributed by atoms with E-state index in [9.17, 15) is 9.90 Å². The molecule has 2 nitrogen and oxygen atoms in total. The average molecular weight is 402 g/mol. The number of hydrogen-bond acceptors (Lipinski definition) is 2. The fraction of sp³-hybridized carbons (Fsp3) is 0.350. The van der Waals surface area contributed by atoms with Gasteiger partial charge in [-0.1, -0.05) is 50.2 Å². The molecule has 0 heterocycles. The number of hydrogen-bond donors (Lipinski definition) is 1. The van der Waals surface area contributed by atoms with Gasteiger partial charge in [0, 0.05) is 17.3 Å². The van der Waals surface area contributed by atoms with E-state index in [4.69, 9.17) is 34.8 Å². The predicted molar refractivity (Wildman–Crippen MR) is 107 cm³/mol. The molecule has 0 spiro atoms. The van der Waals surface area contributed by atoms with Crippen molar-refractivity contribution in [2.45, 2.75) is 44.1 Å². The van der Waals surface area contributed by atoms with Crippen molar-refractivity contribution in [1.29, 1.82) is 0 Å². The normalized spacial score (nSPS) is 10.8. The Kier molecular flexibility index (Phi) is 9.52. The SMILES string of the molecule is CCC(O)(CC)c1ccc(CCl)cc1.O=C(Cl)c1ccc(CCl)cc1. The molecule has 0 unspecified atom stereocenters. The van der Waals surface area contributed by atoms with Crippen LogP contribution in [0.1, 0.15) is 53.7 Å². The lowest BCUT2D eigenvalue weighted by Crippen LogP contribution is -2.23. The summed E-state index contributed by atoms with van der Waals surface area (Å²) in [4.78, 5) is 10.6. The number of benzene rings is 2. The second kappa shape index (κ2) is 10.8. The summed E-state index contributed by atoms with van der Waals surface area (Å²) in [6.45, 7) is 4.00. The van der Waals surface area contributed by atoms with Gasteiger partial charge in [0.25, 0.3) is 5.24 Å². The van der Waals surface area contributed by atoms with Crippen LogP contribution in [0.2, 0.25) is 0 Å². The van der Waals surface area contributed by atoms with Crippen molar-refractivity contribution in [3.8, 4) is 0 Å². The summed E-state index contributed by atoms with van der Waals surface area (Å²) in [6, 6.07) is 14.7. The molecule has 0 saturated heterocycles. The Morgan fingerprint density at radius 2 is 1.28 bits per heavy atom. The molecule has 0 saturated carbocycles. The van der Waals surface area contributed by atoms with Crippen LogP contribution >= 0.6 is 34.8 Å². The topological polar surface area (TPSA) is 37.3 Å². The Labute approximate surface area is 164 Å². The Morgan fingerprint density at radius 3 is 1.60 bits per heavy atom. The van der Waals surface area contributed by atoms with E-state index in [0.717, 1.165) is 29.5 Å². The fourth-order valence-electron chi connectivity index (χ4n) is 2.29. The first-order valence-corrected chi connectivity index (χ1v) is 9.57. The van der Waals surface area contributed by atoms with E-state index < -0.39 is 10.8 Å². The molecule has 0 atom stereocenters. The second-order valence-corrected chi connectivity index (χ2v) is 6.55. The summed E-state index contributed by atoms with van der Waals surface area (Å²) in [5.41, 5.74) is 2.88. The molecule has 0 fully saturated rings. The third-order valence-electron chi connectivity index (χ3n) is 4.15. The summed E-state index contributed by atoms with van der Waals surface area (Å²) < 4.78 is 0. The molecular weight excluding hydrogens is 379 g/mol. The van der Waals surface area contributed by atoms with E-state index in [1.807, 2.05) is 38.1 Å². The Bertz CT molecular complexity index is 648. The van der Waals surface area contributed by atoms with Gasteiger partial charge in [0.05, 0.1) is 5.60 Å². The van der Waals surface area contributed by atoms with Gasteiger partial charge >= 0.3 is 0 Å². The minimum atomic E-state index is -0.676. The molecule has 2 aromatic rings. The zero-order chi connectivity index (χ0) is 18.9. The molecule has 2 rings (SSSR count). The van der Waals surface area contributed by atoms with Gasteiger partial charge in [-0.2, -0.15) is 0 Å². The zero-order valence-corrected chi connectivity index (χ0v) is 16.7. The molecule has 0 aliphatic rings. The van der Waals surface area contributed by atoms with Crippen LogP contribution in [0.4, 0.5) is 0 Å². The summed E-state index contributed by atoms with van der Waals surface area (Å²) in [5, 5.41) is 9.79. The lowest BCUT2D eigenvalue weighted by Gasteiger charge is -2.25. The van der Waals surface area contributed by atoms with E-state index in [0.29, 0.717) is 17.3 Å². The Hall–Kier alpha value is -1.06. The first kappa shape index (κ1) is 22.0. The van der Waals surface area contributed by atoms with Gasteiger partial charge in [0.1, 0.15) is 0 Å². The zero-order valence-electron chi connectivity index (χ0n) is 14.4. The maximum absolute atomic E-state index is 10.6. The van der Waals surface area contributed by atoms with Crippen LogP contribution in [0.3, 0.4) is 0 Å². The minimum absolute atomic E-state index is 0.439. The third-order valence-corrected chi connectivity index (χ3v) is 4.99. The van der Waals surface area contributed by atoms with E-state index in [1.165, 1.54) is 0 Å². The molecule has 0 bridgehead atoms. The second-order valence-electron chi connectivity index (χ2n) is 5.67. The number of aliphatic hydroxyl groups is 1. The number of alkyl halides is 2. The summed E-state index contributed by atoms with van der Waals surface area (Å²) in [6.07, 6.45) is 1.48. The molecule has 0 aliphatic heterocycles. The van der Waals surface area contributed by atoms with Crippen molar-refractivity contribution < 1.29 is 9.90 Å². The minimum Gasteiger partial charge on any atom is -0.385 e. The van der Waals surface area contributed by atoms with Crippen LogP contribution in [0.5, 0.6) is 0 Å².